The number of β-amino-alcohol motifs (C(OH)–C–C–N with tert-alkyl or cyclic N) is 1. The Labute approximate surface area is 116 Å². The van der Waals surface area contributed by atoms with E-state index in [4.69, 9.17) is 5.11 Å². The molecule has 4 nitrogen and oxygen atoms in total. The third kappa shape index (κ3) is 4.77. The van der Waals surface area contributed by atoms with Crippen molar-refractivity contribution in [2.45, 2.75) is 44.9 Å². The van der Waals surface area contributed by atoms with Gasteiger partial charge in [0.2, 0.25) is 5.91 Å². The van der Waals surface area contributed by atoms with Crippen molar-refractivity contribution >= 4 is 5.91 Å². The van der Waals surface area contributed by atoms with Crippen LogP contribution < -0.4 is 0 Å². The van der Waals surface area contributed by atoms with Crippen molar-refractivity contribution in [3.05, 3.63) is 0 Å². The second-order valence-corrected chi connectivity index (χ2v) is 5.99. The van der Waals surface area contributed by atoms with Gasteiger partial charge in [-0.2, -0.15) is 0 Å². The van der Waals surface area contributed by atoms with Crippen molar-refractivity contribution in [3.8, 4) is 0 Å². The molecule has 110 valence electrons. The molecule has 0 radical (unpaired) electrons. The van der Waals surface area contributed by atoms with Gasteiger partial charge in [-0.05, 0) is 25.3 Å². The Morgan fingerprint density at radius 3 is 2.58 bits per heavy atom. The monoisotopic (exact) mass is 268 g/mol. The van der Waals surface area contributed by atoms with Crippen LogP contribution in [0, 0.1) is 5.92 Å². The van der Waals surface area contributed by atoms with Gasteiger partial charge in [-0.3, -0.25) is 9.69 Å². The van der Waals surface area contributed by atoms with Gasteiger partial charge < -0.3 is 10.0 Å². The summed E-state index contributed by atoms with van der Waals surface area (Å²) in [6, 6.07) is 0. The zero-order valence-corrected chi connectivity index (χ0v) is 12.0. The summed E-state index contributed by atoms with van der Waals surface area (Å²) in [5.74, 6) is 1.15. The van der Waals surface area contributed by atoms with Crippen molar-refractivity contribution in [1.82, 2.24) is 9.80 Å². The molecule has 19 heavy (non-hydrogen) atoms. The number of rotatable bonds is 5. The van der Waals surface area contributed by atoms with Crippen molar-refractivity contribution in [2.24, 2.45) is 5.92 Å². The van der Waals surface area contributed by atoms with E-state index in [9.17, 15) is 4.79 Å². The molecule has 1 aliphatic carbocycles. The molecule has 0 unspecified atom stereocenters. The summed E-state index contributed by atoms with van der Waals surface area (Å²) < 4.78 is 0. The Kier molecular flexibility index (Phi) is 6.11. The Balaban J connectivity index is 1.69. The maximum Gasteiger partial charge on any atom is 0.222 e. The molecule has 0 atom stereocenters. The Morgan fingerprint density at radius 2 is 1.84 bits per heavy atom. The summed E-state index contributed by atoms with van der Waals surface area (Å²) in [4.78, 5) is 16.5. The minimum Gasteiger partial charge on any atom is -0.395 e. The molecule has 1 saturated heterocycles. The number of aliphatic hydroxyl groups is 1. The van der Waals surface area contributed by atoms with Crippen LogP contribution in [0.25, 0.3) is 0 Å². The van der Waals surface area contributed by atoms with E-state index < -0.39 is 0 Å². The average Bonchev–Trinajstić information content (AvgIpc) is 2.82. The van der Waals surface area contributed by atoms with Crippen LogP contribution in [0.4, 0.5) is 0 Å². The van der Waals surface area contributed by atoms with E-state index in [2.05, 4.69) is 4.90 Å². The Morgan fingerprint density at radius 1 is 1.05 bits per heavy atom. The molecule has 2 fully saturated rings. The van der Waals surface area contributed by atoms with Crippen LogP contribution in [0.1, 0.15) is 44.9 Å². The highest BCUT2D eigenvalue weighted by Gasteiger charge is 2.21. The van der Waals surface area contributed by atoms with Crippen molar-refractivity contribution in [2.75, 3.05) is 39.3 Å². The van der Waals surface area contributed by atoms with Crippen LogP contribution in [0.2, 0.25) is 0 Å². The molecule has 1 amide bonds. The van der Waals surface area contributed by atoms with E-state index in [1.807, 2.05) is 4.90 Å². The fourth-order valence-corrected chi connectivity index (χ4v) is 3.37. The molecule has 1 heterocycles. The molecule has 0 aromatic heterocycles. The van der Waals surface area contributed by atoms with Crippen molar-refractivity contribution in [1.29, 1.82) is 0 Å². The molecular weight excluding hydrogens is 240 g/mol. The zero-order chi connectivity index (χ0) is 13.5. The van der Waals surface area contributed by atoms with Crippen LogP contribution in [-0.2, 0) is 4.79 Å². The van der Waals surface area contributed by atoms with Gasteiger partial charge in [0.1, 0.15) is 0 Å². The number of nitrogens with zero attached hydrogens (tertiary/aromatic N) is 2. The SMILES string of the molecule is O=C(CCC1CCCC1)N1CCCN(CCO)CC1. The molecule has 4 heteroatoms. The third-order valence-corrected chi connectivity index (χ3v) is 4.60. The van der Waals surface area contributed by atoms with Gasteiger partial charge in [-0.1, -0.05) is 25.7 Å². The van der Waals surface area contributed by atoms with Gasteiger partial charge in [-0.15, -0.1) is 0 Å². The predicted octanol–water partition coefficient (Wildman–Crippen LogP) is 1.48. The molecule has 0 bridgehead atoms. The number of hydrogen-bond acceptors (Lipinski definition) is 3. The van der Waals surface area contributed by atoms with Crippen LogP contribution in [0.3, 0.4) is 0 Å². The van der Waals surface area contributed by atoms with Gasteiger partial charge in [0.05, 0.1) is 6.61 Å². The van der Waals surface area contributed by atoms with E-state index in [1.54, 1.807) is 0 Å². The number of aliphatic hydroxyl groups excluding tert-OH is 1. The van der Waals surface area contributed by atoms with Gasteiger partial charge in [-0.25, -0.2) is 0 Å². The summed E-state index contributed by atoms with van der Waals surface area (Å²) in [5, 5.41) is 8.97. The number of carbonyl (C=O) groups is 1. The van der Waals surface area contributed by atoms with Gasteiger partial charge in [0, 0.05) is 32.6 Å². The second kappa shape index (κ2) is 7.85. The number of amides is 1. The van der Waals surface area contributed by atoms with Crippen LogP contribution >= 0.6 is 0 Å². The van der Waals surface area contributed by atoms with Gasteiger partial charge in [0.15, 0.2) is 0 Å². The molecule has 2 aliphatic rings. The Bertz CT molecular complexity index is 277. The van der Waals surface area contributed by atoms with E-state index in [1.165, 1.54) is 25.7 Å². The largest absolute Gasteiger partial charge is 0.395 e. The maximum atomic E-state index is 12.2. The first-order chi connectivity index (χ1) is 9.29. The minimum atomic E-state index is 0.218. The predicted molar refractivity (Wildman–Crippen MR) is 75.9 cm³/mol. The fraction of sp³-hybridized carbons (Fsp3) is 0.933. The highest BCUT2D eigenvalue weighted by Crippen LogP contribution is 2.28. The molecule has 1 N–H and O–H groups in total. The minimum absolute atomic E-state index is 0.218. The van der Waals surface area contributed by atoms with E-state index in [0.717, 1.165) is 57.9 Å². The molecule has 1 saturated carbocycles. The van der Waals surface area contributed by atoms with Crippen molar-refractivity contribution < 1.29 is 9.90 Å². The van der Waals surface area contributed by atoms with Gasteiger partial charge >= 0.3 is 0 Å². The lowest BCUT2D eigenvalue weighted by Crippen LogP contribution is -2.35. The first-order valence-corrected chi connectivity index (χ1v) is 7.90. The van der Waals surface area contributed by atoms with Crippen molar-refractivity contribution in [3.63, 3.8) is 0 Å². The van der Waals surface area contributed by atoms with Crippen LogP contribution in [0.15, 0.2) is 0 Å². The maximum absolute atomic E-state index is 12.2. The molecule has 1 aliphatic heterocycles. The first kappa shape index (κ1) is 14.8. The first-order valence-electron chi connectivity index (χ1n) is 7.90. The molecule has 0 aromatic rings. The standard InChI is InChI=1S/C15H28N2O2/c18-13-12-16-8-3-9-17(11-10-16)15(19)7-6-14-4-1-2-5-14/h14,18H,1-13H2. The van der Waals surface area contributed by atoms with E-state index in [0.29, 0.717) is 5.91 Å². The van der Waals surface area contributed by atoms with E-state index >= 15 is 0 Å². The normalized spacial score (nSPS) is 22.7. The fourth-order valence-electron chi connectivity index (χ4n) is 3.37. The molecule has 2 rings (SSSR count). The smallest absolute Gasteiger partial charge is 0.222 e. The number of hydrogen-bond donors (Lipinski definition) is 1. The lowest BCUT2D eigenvalue weighted by atomic mass is 10.0. The summed E-state index contributed by atoms with van der Waals surface area (Å²) in [6.07, 6.45) is 8.25. The van der Waals surface area contributed by atoms with Crippen LogP contribution in [-0.4, -0.2) is 60.1 Å². The summed E-state index contributed by atoms with van der Waals surface area (Å²) >= 11 is 0. The second-order valence-electron chi connectivity index (χ2n) is 5.99. The summed E-state index contributed by atoms with van der Waals surface area (Å²) in [5.41, 5.74) is 0. The van der Waals surface area contributed by atoms with Crippen LogP contribution in [0.5, 0.6) is 0 Å². The van der Waals surface area contributed by atoms with Gasteiger partial charge in [0.25, 0.3) is 0 Å². The highest BCUT2D eigenvalue weighted by molar-refractivity contribution is 5.76. The third-order valence-electron chi connectivity index (χ3n) is 4.60. The topological polar surface area (TPSA) is 43.8 Å². The van der Waals surface area contributed by atoms with E-state index in [-0.39, 0.29) is 6.61 Å². The zero-order valence-electron chi connectivity index (χ0n) is 12.0. The molecule has 0 aromatic carbocycles. The number of carbonyl (C=O) groups excluding carboxylic acids is 1. The lowest BCUT2D eigenvalue weighted by Gasteiger charge is -2.22. The lowest BCUT2D eigenvalue weighted by molar-refractivity contribution is -0.131. The summed E-state index contributed by atoms with van der Waals surface area (Å²) in [7, 11) is 0. The quantitative estimate of drug-likeness (QED) is 0.821. The highest BCUT2D eigenvalue weighted by atomic mass is 16.3. The average molecular weight is 268 g/mol. The Hall–Kier alpha value is -0.610. The molecular formula is C15H28N2O2. The molecule has 0 spiro atoms. The summed E-state index contributed by atoms with van der Waals surface area (Å²) in [6.45, 7) is 4.61.